The molecule has 0 amide bonds. The van der Waals surface area contributed by atoms with E-state index in [1.807, 2.05) is 11.8 Å². The van der Waals surface area contributed by atoms with Crippen molar-refractivity contribution >= 4 is 11.8 Å². The largest absolute Gasteiger partial charge is 0.508 e. The number of benzene rings is 2. The molecule has 0 saturated carbocycles. The molecule has 0 aliphatic carbocycles. The van der Waals surface area contributed by atoms with Crippen molar-refractivity contribution in [2.45, 2.75) is 168 Å². The number of phenolic OH excluding ortho intramolecular Hbond substituents is 2. The fraction of sp³-hybridized carbons (Fsp3) is 0.684. The Morgan fingerprint density at radius 3 is 1.17 bits per heavy atom. The van der Waals surface area contributed by atoms with Crippen molar-refractivity contribution < 1.29 is 10.2 Å². The van der Waals surface area contributed by atoms with E-state index in [2.05, 4.69) is 107 Å². The molecule has 2 rings (SSSR count). The molecule has 232 valence electrons. The molecule has 2 aromatic rings. The summed E-state index contributed by atoms with van der Waals surface area (Å²) in [5, 5.41) is 22.6. The van der Waals surface area contributed by atoms with Crippen LogP contribution in [0.25, 0.3) is 0 Å². The van der Waals surface area contributed by atoms with E-state index in [1.165, 1.54) is 46.6 Å². The summed E-state index contributed by atoms with van der Waals surface area (Å²) in [7, 11) is 0. The maximum atomic E-state index is 11.3. The highest BCUT2D eigenvalue weighted by Crippen LogP contribution is 2.47. The third kappa shape index (κ3) is 10.9. The Balaban J connectivity index is 2.71. The van der Waals surface area contributed by atoms with Gasteiger partial charge >= 0.3 is 0 Å². The molecule has 41 heavy (non-hydrogen) atoms. The van der Waals surface area contributed by atoms with E-state index in [0.29, 0.717) is 11.5 Å². The zero-order chi connectivity index (χ0) is 31.2. The SMILES string of the molecule is CCCCCc1cc(O)c(C(C)(C)CC(C)(C)C)cc1Sc1cc(C(C)(C)CC(C)(C)C)c(O)cc1CCCCC. The van der Waals surface area contributed by atoms with Gasteiger partial charge in [-0.3, -0.25) is 0 Å². The van der Waals surface area contributed by atoms with E-state index >= 15 is 0 Å². The van der Waals surface area contributed by atoms with Crippen LogP contribution in [0.4, 0.5) is 0 Å². The van der Waals surface area contributed by atoms with Crippen LogP contribution >= 0.6 is 11.8 Å². The highest BCUT2D eigenvalue weighted by Gasteiger charge is 2.32. The lowest BCUT2D eigenvalue weighted by atomic mass is 9.72. The molecule has 0 aromatic heterocycles. The summed E-state index contributed by atoms with van der Waals surface area (Å²) in [6, 6.07) is 8.68. The van der Waals surface area contributed by atoms with Crippen molar-refractivity contribution in [3.63, 3.8) is 0 Å². The van der Waals surface area contributed by atoms with Gasteiger partial charge in [0.25, 0.3) is 0 Å². The van der Waals surface area contributed by atoms with Gasteiger partial charge in [-0.25, -0.2) is 0 Å². The molecular weight excluding hydrogens is 520 g/mol. The highest BCUT2D eigenvalue weighted by atomic mass is 32.2. The maximum Gasteiger partial charge on any atom is 0.119 e. The summed E-state index contributed by atoms with van der Waals surface area (Å²) >= 11 is 1.85. The number of hydrogen-bond acceptors (Lipinski definition) is 3. The first-order valence-electron chi connectivity index (χ1n) is 16.2. The normalized spacial score (nSPS) is 13.2. The second kappa shape index (κ2) is 14.2. The number of aryl methyl sites for hydroxylation is 2. The van der Waals surface area contributed by atoms with Gasteiger partial charge in [0.2, 0.25) is 0 Å². The van der Waals surface area contributed by atoms with Crippen LogP contribution in [0.5, 0.6) is 11.5 Å². The first-order chi connectivity index (χ1) is 18.8. The summed E-state index contributed by atoms with van der Waals surface area (Å²) in [5.74, 6) is 0.854. The molecule has 0 unspecified atom stereocenters. The molecule has 2 aromatic carbocycles. The van der Waals surface area contributed by atoms with Gasteiger partial charge in [0.1, 0.15) is 11.5 Å². The first-order valence-corrected chi connectivity index (χ1v) is 17.0. The second-order valence-corrected chi connectivity index (χ2v) is 17.3. The van der Waals surface area contributed by atoms with Crippen molar-refractivity contribution in [1.29, 1.82) is 0 Å². The quantitative estimate of drug-likeness (QED) is 0.218. The van der Waals surface area contributed by atoms with E-state index < -0.39 is 0 Å². The predicted molar refractivity (Wildman–Crippen MR) is 181 cm³/mol. The lowest BCUT2D eigenvalue weighted by Gasteiger charge is -2.34. The van der Waals surface area contributed by atoms with E-state index in [4.69, 9.17) is 0 Å². The summed E-state index contributed by atoms with van der Waals surface area (Å²) < 4.78 is 0. The Labute approximate surface area is 258 Å². The van der Waals surface area contributed by atoms with Gasteiger partial charge in [-0.05, 0) is 95.6 Å². The Morgan fingerprint density at radius 1 is 0.537 bits per heavy atom. The fourth-order valence-electron chi connectivity index (χ4n) is 6.98. The Bertz CT molecular complexity index is 1040. The van der Waals surface area contributed by atoms with Crippen LogP contribution in [0.15, 0.2) is 34.1 Å². The first kappa shape index (κ1) is 35.6. The lowest BCUT2D eigenvalue weighted by Crippen LogP contribution is -2.25. The topological polar surface area (TPSA) is 40.5 Å². The standard InChI is InChI=1S/C38H62O2S/c1-13-15-17-19-27-21-31(39)29(37(9,10)25-35(3,4)5)23-33(27)41-34-24-30(38(11,12)26-36(6,7)8)32(40)22-28(34)20-18-16-14-2/h21-24,39-40H,13-20,25-26H2,1-12H3. The summed E-state index contributed by atoms with van der Waals surface area (Å²) in [6.07, 6.45) is 10.9. The number of unbranched alkanes of at least 4 members (excludes halogenated alkanes) is 4. The van der Waals surface area contributed by atoms with Crippen LogP contribution in [0.3, 0.4) is 0 Å². The molecule has 0 radical (unpaired) electrons. The average molecular weight is 583 g/mol. The molecule has 0 heterocycles. The molecule has 0 spiro atoms. The van der Waals surface area contributed by atoms with Crippen LogP contribution in [0.1, 0.15) is 157 Å². The van der Waals surface area contributed by atoms with Crippen LogP contribution < -0.4 is 0 Å². The number of aromatic hydroxyl groups is 2. The highest BCUT2D eigenvalue weighted by molar-refractivity contribution is 7.99. The Morgan fingerprint density at radius 2 is 0.878 bits per heavy atom. The smallest absolute Gasteiger partial charge is 0.119 e. The van der Waals surface area contributed by atoms with Crippen molar-refractivity contribution in [2.75, 3.05) is 0 Å². The average Bonchev–Trinajstić information content (AvgIpc) is 2.78. The molecule has 0 aliphatic rings. The van der Waals surface area contributed by atoms with Crippen LogP contribution in [-0.4, -0.2) is 10.2 Å². The van der Waals surface area contributed by atoms with E-state index in [1.54, 1.807) is 0 Å². The van der Waals surface area contributed by atoms with Crippen LogP contribution in [-0.2, 0) is 23.7 Å². The van der Waals surface area contributed by atoms with Gasteiger partial charge in [-0.1, -0.05) is 121 Å². The molecule has 0 atom stereocenters. The third-order valence-corrected chi connectivity index (χ3v) is 9.28. The predicted octanol–water partition coefficient (Wildman–Crippen LogP) is 12.1. The number of phenols is 2. The van der Waals surface area contributed by atoms with Crippen LogP contribution in [0.2, 0.25) is 0 Å². The van der Waals surface area contributed by atoms with Crippen molar-refractivity contribution in [1.82, 2.24) is 0 Å². The molecule has 2 nitrogen and oxygen atoms in total. The molecule has 0 saturated heterocycles. The van der Waals surface area contributed by atoms with Gasteiger partial charge in [0, 0.05) is 20.9 Å². The molecule has 0 fully saturated rings. The molecule has 2 N–H and O–H groups in total. The minimum Gasteiger partial charge on any atom is -0.508 e. The van der Waals surface area contributed by atoms with E-state index in [-0.39, 0.29) is 21.7 Å². The monoisotopic (exact) mass is 582 g/mol. The number of hydrogen-bond donors (Lipinski definition) is 2. The van der Waals surface area contributed by atoms with E-state index in [9.17, 15) is 10.2 Å². The van der Waals surface area contributed by atoms with Gasteiger partial charge in [-0.15, -0.1) is 0 Å². The maximum absolute atomic E-state index is 11.3. The lowest BCUT2D eigenvalue weighted by molar-refractivity contribution is 0.277. The molecule has 0 bridgehead atoms. The number of rotatable bonds is 14. The van der Waals surface area contributed by atoms with Crippen LogP contribution in [0, 0.1) is 10.8 Å². The van der Waals surface area contributed by atoms with Gasteiger partial charge in [0.05, 0.1) is 0 Å². The molecule has 0 aliphatic heterocycles. The molecule has 3 heteroatoms. The van der Waals surface area contributed by atoms with Crippen molar-refractivity contribution in [2.24, 2.45) is 10.8 Å². The Hall–Kier alpha value is -1.61. The summed E-state index contributed by atoms with van der Waals surface area (Å²) in [6.45, 7) is 27.2. The van der Waals surface area contributed by atoms with Gasteiger partial charge in [-0.2, -0.15) is 0 Å². The summed E-state index contributed by atoms with van der Waals surface area (Å²) in [5.41, 5.74) is 4.54. The minimum atomic E-state index is -0.154. The zero-order valence-electron chi connectivity index (χ0n) is 28.7. The third-order valence-electron chi connectivity index (χ3n) is 8.08. The summed E-state index contributed by atoms with van der Waals surface area (Å²) in [4.78, 5) is 2.50. The zero-order valence-corrected chi connectivity index (χ0v) is 29.5. The fourth-order valence-corrected chi connectivity index (χ4v) is 8.15. The van der Waals surface area contributed by atoms with Crippen molar-refractivity contribution in [3.8, 4) is 11.5 Å². The van der Waals surface area contributed by atoms with Gasteiger partial charge < -0.3 is 10.2 Å². The minimum absolute atomic E-state index is 0.153. The van der Waals surface area contributed by atoms with E-state index in [0.717, 1.165) is 49.7 Å². The second-order valence-electron chi connectivity index (χ2n) is 16.2. The van der Waals surface area contributed by atoms with Crippen molar-refractivity contribution in [3.05, 3.63) is 46.5 Å². The Kier molecular flexibility index (Phi) is 12.4. The molecular formula is C38H62O2S. The van der Waals surface area contributed by atoms with Gasteiger partial charge in [0.15, 0.2) is 0 Å².